The van der Waals surface area contributed by atoms with Gasteiger partial charge in [0.1, 0.15) is 23.7 Å². The maximum Gasteiger partial charge on any atom is 0.314 e. The number of unbranched alkanes of at least 4 members (excludes halogenated alkanes) is 5. The maximum atomic E-state index is 13.6. The van der Waals surface area contributed by atoms with Gasteiger partial charge in [-0.3, -0.25) is 28.8 Å². The topological polar surface area (TPSA) is 360 Å². The zero-order chi connectivity index (χ0) is 65.1. The number of rotatable bonds is 47. The lowest BCUT2D eigenvalue weighted by atomic mass is 10.0. The molecule has 0 fully saturated rings. The van der Waals surface area contributed by atoms with E-state index >= 15 is 0 Å². The minimum Gasteiger partial charge on any atom is -0.481 e. The summed E-state index contributed by atoms with van der Waals surface area (Å²) in [5, 5.41) is 48.4. The van der Waals surface area contributed by atoms with Gasteiger partial charge in [0.05, 0.1) is 77.8 Å². The number of halogens is 4. The first-order chi connectivity index (χ1) is 43.4. The van der Waals surface area contributed by atoms with Gasteiger partial charge in [0.2, 0.25) is 23.6 Å². The van der Waals surface area contributed by atoms with Gasteiger partial charge in [-0.25, -0.2) is 19.6 Å². The molecule has 2 heterocycles. The molecule has 0 bridgehead atoms. The average molecular weight is 1340 g/mol. The number of carboxylic acids is 2. The fourth-order valence-corrected chi connectivity index (χ4v) is 9.57. The highest BCUT2D eigenvalue weighted by atomic mass is 35.5. The van der Waals surface area contributed by atoms with Crippen LogP contribution in [0.3, 0.4) is 0 Å². The van der Waals surface area contributed by atoms with Crippen molar-refractivity contribution < 1.29 is 67.5 Å². The number of aliphatic carboxylic acids is 2. The first-order valence-corrected chi connectivity index (χ1v) is 31.1. The number of urea groups is 2. The van der Waals surface area contributed by atoms with Crippen LogP contribution in [0.25, 0.3) is 0 Å². The van der Waals surface area contributed by atoms with E-state index in [1.54, 1.807) is 12.4 Å². The number of ether oxygens (including phenoxy) is 4. The van der Waals surface area contributed by atoms with Gasteiger partial charge in [-0.1, -0.05) is 71.4 Å². The summed E-state index contributed by atoms with van der Waals surface area (Å²) in [6.45, 7) is 2.61. The number of carbonyl (C=O) groups excluding carboxylic acids is 6. The SMILES string of the molecule is O=C(O)CC(NC(=O)[C@H](COCCOCCNC(=O)NCCCCCCNC(=O)NCCOCCOC[C@H](NC(=O)CCCCNc1ccccn1)C(=O)NC(CC(=O)O)c1cc(Cl)cc(Cl)c1)NC(=O)CCCCNc1ccccn1)c1cc(Cl)cc(Cl)c1. The average Bonchev–Trinajstić information content (AvgIpc) is 1.73. The molecule has 8 amide bonds. The molecule has 0 radical (unpaired) electrons. The lowest BCUT2D eigenvalue weighted by molar-refractivity contribution is -0.139. The zero-order valence-corrected chi connectivity index (χ0v) is 53.0. The molecule has 2 aromatic heterocycles. The van der Waals surface area contributed by atoms with Gasteiger partial charge < -0.3 is 82.3 Å². The molecule has 12 N–H and O–H groups in total. The standard InChI is InChI=1S/C60H82Cl4N12O14/c61-43-31-41(32-44(62)35-43)47(37-55(79)80)75-57(83)49(73-53(77)15-5-11-19-67-51-13-3-9-17-65-51)39-89-29-27-87-25-23-71-59(85)69-21-7-1-2-8-22-70-60(86)72-24-26-88-28-30-90-40-50(74-54(78)16-6-12-20-68-52-14-4-10-18-66-52)58(84)76-48(38-56(81)82)42-33-45(63)36-46(64)34-42/h3-4,9-10,13-14,17-18,31-36,47-50H,1-2,5-8,11-12,15-16,19-30,37-40H2,(H,65,67)(H,66,68)(H,73,77)(H,74,78)(H,75,83)(H,76,84)(H,79,80)(H,81,82)(H2,69,71,85)(H2,70,72,86)/t47?,48?,49-,50-/m0/s1. The molecule has 0 aliphatic carbocycles. The van der Waals surface area contributed by atoms with E-state index in [9.17, 15) is 48.6 Å². The molecule has 0 aliphatic rings. The fourth-order valence-electron chi connectivity index (χ4n) is 8.49. The number of pyridine rings is 2. The van der Waals surface area contributed by atoms with Crippen LogP contribution in [0.4, 0.5) is 21.2 Å². The van der Waals surface area contributed by atoms with Crippen LogP contribution < -0.4 is 53.2 Å². The van der Waals surface area contributed by atoms with Crippen molar-refractivity contribution in [2.24, 2.45) is 0 Å². The van der Waals surface area contributed by atoms with Crippen LogP contribution in [0, 0.1) is 0 Å². The largest absolute Gasteiger partial charge is 0.481 e. The molecular formula is C60H82Cl4N12O14. The Morgan fingerprint density at radius 2 is 0.789 bits per heavy atom. The normalized spacial score (nSPS) is 12.3. The lowest BCUT2D eigenvalue weighted by Gasteiger charge is -2.23. The number of nitrogens with one attached hydrogen (secondary N) is 10. The number of hydrogen-bond donors (Lipinski definition) is 12. The number of anilines is 2. The molecule has 2 aromatic carbocycles. The van der Waals surface area contributed by atoms with Crippen LogP contribution in [-0.4, -0.2) is 172 Å². The molecule has 4 atom stereocenters. The summed E-state index contributed by atoms with van der Waals surface area (Å²) >= 11 is 24.7. The van der Waals surface area contributed by atoms with Crippen molar-refractivity contribution in [2.45, 2.75) is 101 Å². The quantitative estimate of drug-likeness (QED) is 0.0202. The van der Waals surface area contributed by atoms with E-state index in [1.165, 1.54) is 36.4 Å². The second kappa shape index (κ2) is 45.0. The van der Waals surface area contributed by atoms with Gasteiger partial charge in [0, 0.05) is 84.6 Å². The van der Waals surface area contributed by atoms with Gasteiger partial charge in [0.25, 0.3) is 0 Å². The molecule has 2 unspecified atom stereocenters. The van der Waals surface area contributed by atoms with E-state index in [4.69, 9.17) is 65.4 Å². The Morgan fingerprint density at radius 3 is 1.16 bits per heavy atom. The highest BCUT2D eigenvalue weighted by Crippen LogP contribution is 2.27. The zero-order valence-electron chi connectivity index (χ0n) is 50.0. The van der Waals surface area contributed by atoms with E-state index < -0.39 is 72.6 Å². The minimum absolute atomic E-state index is 0.0429. The van der Waals surface area contributed by atoms with Crippen LogP contribution in [0.5, 0.6) is 0 Å². The Hall–Kier alpha value is -7.30. The summed E-state index contributed by atoms with van der Waals surface area (Å²) in [6.07, 6.45) is 8.01. The van der Waals surface area contributed by atoms with Crippen molar-refractivity contribution in [2.75, 3.05) is 103 Å². The number of carboxylic acid groups (broad SMARTS) is 2. The highest BCUT2D eigenvalue weighted by molar-refractivity contribution is 6.35. The van der Waals surface area contributed by atoms with Crippen molar-refractivity contribution in [1.82, 2.24) is 52.5 Å². The third-order valence-corrected chi connectivity index (χ3v) is 13.8. The molecule has 30 heteroatoms. The smallest absolute Gasteiger partial charge is 0.314 e. The summed E-state index contributed by atoms with van der Waals surface area (Å²) in [6, 6.07) is 14.8. The minimum atomic E-state index is -1.18. The van der Waals surface area contributed by atoms with Crippen LogP contribution in [0.15, 0.2) is 85.2 Å². The first-order valence-electron chi connectivity index (χ1n) is 29.6. The van der Waals surface area contributed by atoms with Crippen LogP contribution in [-0.2, 0) is 47.7 Å². The van der Waals surface area contributed by atoms with Crippen LogP contribution in [0.1, 0.15) is 100 Å². The summed E-state index contributed by atoms with van der Waals surface area (Å²) in [4.78, 5) is 110. The Balaban J connectivity index is 1.03. The van der Waals surface area contributed by atoms with Gasteiger partial charge >= 0.3 is 24.0 Å². The molecule has 90 heavy (non-hydrogen) atoms. The van der Waals surface area contributed by atoms with E-state index in [-0.39, 0.29) is 111 Å². The lowest BCUT2D eigenvalue weighted by Crippen LogP contribution is -2.50. The summed E-state index contributed by atoms with van der Waals surface area (Å²) < 4.78 is 22.6. The third-order valence-electron chi connectivity index (χ3n) is 12.9. The number of aromatic nitrogens is 2. The van der Waals surface area contributed by atoms with E-state index in [0.29, 0.717) is 74.6 Å². The van der Waals surface area contributed by atoms with Crippen molar-refractivity contribution in [3.8, 4) is 0 Å². The van der Waals surface area contributed by atoms with Gasteiger partial charge in [-0.15, -0.1) is 0 Å². The number of amides is 8. The molecular weight excluding hydrogens is 1250 g/mol. The molecule has 4 rings (SSSR count). The van der Waals surface area contributed by atoms with Crippen molar-refractivity contribution >= 4 is 106 Å². The molecule has 26 nitrogen and oxygen atoms in total. The second-order valence-electron chi connectivity index (χ2n) is 20.3. The Kier molecular flexibility index (Phi) is 37.6. The van der Waals surface area contributed by atoms with Crippen molar-refractivity contribution in [3.05, 3.63) is 116 Å². The first kappa shape index (κ1) is 75.2. The van der Waals surface area contributed by atoms with Crippen molar-refractivity contribution in [3.63, 3.8) is 0 Å². The molecule has 494 valence electrons. The number of benzene rings is 2. The molecule has 0 aliphatic heterocycles. The molecule has 0 spiro atoms. The monoisotopic (exact) mass is 1330 g/mol. The fraction of sp³-hybridized carbons (Fsp3) is 0.500. The maximum absolute atomic E-state index is 13.6. The predicted octanol–water partition coefficient (Wildman–Crippen LogP) is 6.81. The molecule has 0 saturated heterocycles. The highest BCUT2D eigenvalue weighted by Gasteiger charge is 2.28. The van der Waals surface area contributed by atoms with Crippen LogP contribution >= 0.6 is 46.4 Å². The third kappa shape index (κ3) is 34.6. The summed E-state index contributed by atoms with van der Waals surface area (Å²) in [5.74, 6) is -3.09. The van der Waals surface area contributed by atoms with Gasteiger partial charge in [-0.2, -0.15) is 0 Å². The number of nitrogens with zero attached hydrogens (tertiary/aromatic N) is 2. The van der Waals surface area contributed by atoms with Crippen molar-refractivity contribution in [1.29, 1.82) is 0 Å². The molecule has 4 aromatic rings. The van der Waals surface area contributed by atoms with E-state index in [2.05, 4.69) is 63.1 Å². The summed E-state index contributed by atoms with van der Waals surface area (Å²) in [7, 11) is 0. The Labute approximate surface area is 543 Å². The van der Waals surface area contributed by atoms with E-state index in [1.807, 2.05) is 36.4 Å². The predicted molar refractivity (Wildman–Crippen MR) is 341 cm³/mol. The second-order valence-corrected chi connectivity index (χ2v) is 22.1. The summed E-state index contributed by atoms with van der Waals surface area (Å²) in [5.41, 5.74) is 0.736. The van der Waals surface area contributed by atoms with Gasteiger partial charge in [0.15, 0.2) is 0 Å². The van der Waals surface area contributed by atoms with E-state index in [0.717, 1.165) is 25.7 Å². The number of hydrogen-bond acceptors (Lipinski definition) is 16. The van der Waals surface area contributed by atoms with Crippen LogP contribution in [0.2, 0.25) is 20.1 Å². The Morgan fingerprint density at radius 1 is 0.422 bits per heavy atom. The number of carbonyl (C=O) groups is 8. The molecule has 0 saturated carbocycles. The van der Waals surface area contributed by atoms with Gasteiger partial charge in [-0.05, 0) is 110 Å². The Bertz CT molecular complexity index is 2600.